The summed E-state index contributed by atoms with van der Waals surface area (Å²) in [6, 6.07) is 6.02. The Hall–Kier alpha value is -1.55. The predicted molar refractivity (Wildman–Crippen MR) is 75.4 cm³/mol. The minimum Gasteiger partial charge on any atom is -0.496 e. The van der Waals surface area contributed by atoms with Crippen molar-refractivity contribution in [2.24, 2.45) is 5.73 Å². The molecule has 2 atom stereocenters. The standard InChI is InChI=1S/C15H22N2O2/c1-10-4-5-12(9-14(10)19-3)15(18)17-7-6-13(16)8-11(17)2/h4-5,9,11,13H,6-8,16H2,1-3H3. The van der Waals surface area contributed by atoms with Gasteiger partial charge in [0, 0.05) is 24.2 Å². The van der Waals surface area contributed by atoms with E-state index in [1.807, 2.05) is 30.0 Å². The number of aryl methyl sites for hydroxylation is 1. The van der Waals surface area contributed by atoms with Crippen LogP contribution in [0.4, 0.5) is 0 Å². The van der Waals surface area contributed by atoms with Gasteiger partial charge in [0.25, 0.3) is 5.91 Å². The number of benzene rings is 1. The number of nitrogens with two attached hydrogens (primary N) is 1. The molecular formula is C15H22N2O2. The summed E-state index contributed by atoms with van der Waals surface area (Å²) in [5, 5.41) is 0. The molecule has 4 heteroatoms. The third-order valence-corrected chi connectivity index (χ3v) is 3.83. The Balaban J connectivity index is 2.19. The van der Waals surface area contributed by atoms with Crippen LogP contribution in [-0.2, 0) is 0 Å². The normalized spacial score (nSPS) is 23.3. The third kappa shape index (κ3) is 2.89. The Morgan fingerprint density at radius 1 is 1.47 bits per heavy atom. The summed E-state index contributed by atoms with van der Waals surface area (Å²) in [4.78, 5) is 14.4. The molecule has 1 aromatic carbocycles. The van der Waals surface area contributed by atoms with Gasteiger partial charge in [0.1, 0.15) is 5.75 Å². The first-order valence-electron chi connectivity index (χ1n) is 6.74. The molecule has 19 heavy (non-hydrogen) atoms. The van der Waals surface area contributed by atoms with E-state index in [1.165, 1.54) is 0 Å². The Kier molecular flexibility index (Phi) is 4.10. The molecule has 1 heterocycles. The molecule has 0 bridgehead atoms. The van der Waals surface area contributed by atoms with Crippen LogP contribution in [0.25, 0.3) is 0 Å². The SMILES string of the molecule is COc1cc(C(=O)N2CCC(N)CC2C)ccc1C. The van der Waals surface area contributed by atoms with E-state index in [9.17, 15) is 4.79 Å². The molecule has 104 valence electrons. The number of carbonyl (C=O) groups excluding carboxylic acids is 1. The number of hydrogen-bond donors (Lipinski definition) is 1. The Bertz CT molecular complexity index is 473. The van der Waals surface area contributed by atoms with Crippen molar-refractivity contribution in [3.05, 3.63) is 29.3 Å². The summed E-state index contributed by atoms with van der Waals surface area (Å²) in [6.45, 7) is 4.76. The lowest BCUT2D eigenvalue weighted by Crippen LogP contribution is -2.48. The zero-order valence-electron chi connectivity index (χ0n) is 11.8. The van der Waals surface area contributed by atoms with Gasteiger partial charge in [0.05, 0.1) is 7.11 Å². The van der Waals surface area contributed by atoms with Crippen LogP contribution in [-0.4, -0.2) is 36.5 Å². The summed E-state index contributed by atoms with van der Waals surface area (Å²) in [5.74, 6) is 0.824. The number of ether oxygens (including phenoxy) is 1. The molecule has 0 spiro atoms. The molecule has 1 amide bonds. The number of carbonyl (C=O) groups is 1. The summed E-state index contributed by atoms with van der Waals surface area (Å²) in [6.07, 6.45) is 1.74. The zero-order valence-corrected chi connectivity index (χ0v) is 11.8. The van der Waals surface area contributed by atoms with Crippen molar-refractivity contribution in [1.29, 1.82) is 0 Å². The summed E-state index contributed by atoms with van der Waals surface area (Å²) in [7, 11) is 1.62. The minimum absolute atomic E-state index is 0.0673. The second-order valence-corrected chi connectivity index (χ2v) is 5.32. The van der Waals surface area contributed by atoms with Gasteiger partial charge in [0.15, 0.2) is 0 Å². The summed E-state index contributed by atoms with van der Waals surface area (Å²) in [5.41, 5.74) is 7.65. The van der Waals surface area contributed by atoms with Gasteiger partial charge in [-0.2, -0.15) is 0 Å². The lowest BCUT2D eigenvalue weighted by Gasteiger charge is -2.36. The first kappa shape index (κ1) is 13.9. The highest BCUT2D eigenvalue weighted by Gasteiger charge is 2.27. The Morgan fingerprint density at radius 2 is 2.21 bits per heavy atom. The van der Waals surface area contributed by atoms with E-state index in [4.69, 9.17) is 10.5 Å². The smallest absolute Gasteiger partial charge is 0.254 e. The number of nitrogens with zero attached hydrogens (tertiary/aromatic N) is 1. The van der Waals surface area contributed by atoms with E-state index in [2.05, 4.69) is 6.92 Å². The molecule has 2 unspecified atom stereocenters. The molecule has 0 saturated carbocycles. The van der Waals surface area contributed by atoms with Crippen molar-refractivity contribution >= 4 is 5.91 Å². The van der Waals surface area contributed by atoms with Crippen molar-refractivity contribution in [2.45, 2.75) is 38.8 Å². The maximum Gasteiger partial charge on any atom is 0.254 e. The largest absolute Gasteiger partial charge is 0.496 e. The number of amides is 1. The maximum absolute atomic E-state index is 12.5. The van der Waals surface area contributed by atoms with Gasteiger partial charge in [-0.15, -0.1) is 0 Å². The van der Waals surface area contributed by atoms with Gasteiger partial charge >= 0.3 is 0 Å². The monoisotopic (exact) mass is 262 g/mol. The molecule has 2 N–H and O–H groups in total. The number of likely N-dealkylation sites (tertiary alicyclic amines) is 1. The average Bonchev–Trinajstić information content (AvgIpc) is 2.38. The van der Waals surface area contributed by atoms with Crippen molar-refractivity contribution < 1.29 is 9.53 Å². The second kappa shape index (κ2) is 5.61. The molecule has 1 aliphatic heterocycles. The van der Waals surface area contributed by atoms with E-state index < -0.39 is 0 Å². The van der Waals surface area contributed by atoms with Crippen LogP contribution in [0.5, 0.6) is 5.75 Å². The quantitative estimate of drug-likeness (QED) is 0.886. The number of piperidine rings is 1. The van der Waals surface area contributed by atoms with E-state index in [0.29, 0.717) is 5.56 Å². The Labute approximate surface area is 114 Å². The van der Waals surface area contributed by atoms with Gasteiger partial charge in [-0.1, -0.05) is 6.07 Å². The molecule has 0 aromatic heterocycles. The van der Waals surface area contributed by atoms with Crippen LogP contribution in [0.1, 0.15) is 35.7 Å². The third-order valence-electron chi connectivity index (χ3n) is 3.83. The lowest BCUT2D eigenvalue weighted by molar-refractivity contribution is 0.0618. The summed E-state index contributed by atoms with van der Waals surface area (Å²) < 4.78 is 5.28. The van der Waals surface area contributed by atoms with Gasteiger partial charge in [-0.3, -0.25) is 4.79 Å². The van der Waals surface area contributed by atoms with Gasteiger partial charge < -0.3 is 15.4 Å². The molecular weight excluding hydrogens is 240 g/mol. The Morgan fingerprint density at radius 3 is 2.84 bits per heavy atom. The highest BCUT2D eigenvalue weighted by Crippen LogP contribution is 2.23. The van der Waals surface area contributed by atoms with E-state index in [1.54, 1.807) is 7.11 Å². The highest BCUT2D eigenvalue weighted by atomic mass is 16.5. The fraction of sp³-hybridized carbons (Fsp3) is 0.533. The van der Waals surface area contributed by atoms with Crippen LogP contribution in [0.2, 0.25) is 0 Å². The fourth-order valence-corrected chi connectivity index (χ4v) is 2.63. The first-order chi connectivity index (χ1) is 9.02. The van der Waals surface area contributed by atoms with Crippen LogP contribution in [0.3, 0.4) is 0 Å². The maximum atomic E-state index is 12.5. The molecule has 1 fully saturated rings. The van der Waals surface area contributed by atoms with E-state index in [-0.39, 0.29) is 18.0 Å². The second-order valence-electron chi connectivity index (χ2n) is 5.32. The molecule has 0 aliphatic carbocycles. The van der Waals surface area contributed by atoms with Gasteiger partial charge in [-0.25, -0.2) is 0 Å². The topological polar surface area (TPSA) is 55.6 Å². The molecule has 4 nitrogen and oxygen atoms in total. The fourth-order valence-electron chi connectivity index (χ4n) is 2.63. The molecule has 1 aliphatic rings. The number of hydrogen-bond acceptors (Lipinski definition) is 3. The minimum atomic E-state index is 0.0673. The van der Waals surface area contributed by atoms with Gasteiger partial charge in [-0.05, 0) is 44.4 Å². The van der Waals surface area contributed by atoms with Crippen LogP contribution >= 0.6 is 0 Å². The van der Waals surface area contributed by atoms with Crippen molar-refractivity contribution in [3.8, 4) is 5.75 Å². The first-order valence-corrected chi connectivity index (χ1v) is 6.74. The summed E-state index contributed by atoms with van der Waals surface area (Å²) >= 11 is 0. The number of rotatable bonds is 2. The number of methoxy groups -OCH3 is 1. The van der Waals surface area contributed by atoms with Crippen molar-refractivity contribution in [2.75, 3.05) is 13.7 Å². The van der Waals surface area contributed by atoms with Crippen LogP contribution in [0, 0.1) is 6.92 Å². The van der Waals surface area contributed by atoms with Crippen LogP contribution in [0.15, 0.2) is 18.2 Å². The van der Waals surface area contributed by atoms with E-state index >= 15 is 0 Å². The van der Waals surface area contributed by atoms with Gasteiger partial charge in [0.2, 0.25) is 0 Å². The molecule has 0 radical (unpaired) electrons. The highest BCUT2D eigenvalue weighted by molar-refractivity contribution is 5.95. The van der Waals surface area contributed by atoms with Crippen LogP contribution < -0.4 is 10.5 Å². The van der Waals surface area contributed by atoms with Crippen molar-refractivity contribution in [3.63, 3.8) is 0 Å². The molecule has 2 rings (SSSR count). The van der Waals surface area contributed by atoms with Crippen molar-refractivity contribution in [1.82, 2.24) is 4.90 Å². The zero-order chi connectivity index (χ0) is 14.0. The lowest BCUT2D eigenvalue weighted by atomic mass is 9.98. The molecule has 1 aromatic rings. The average molecular weight is 262 g/mol. The van der Waals surface area contributed by atoms with E-state index in [0.717, 1.165) is 30.7 Å². The predicted octanol–water partition coefficient (Wildman–Crippen LogP) is 1.96. The molecule has 1 saturated heterocycles.